The summed E-state index contributed by atoms with van der Waals surface area (Å²) >= 11 is 0. The van der Waals surface area contributed by atoms with Crippen molar-refractivity contribution in [3.63, 3.8) is 0 Å². The molecule has 0 saturated carbocycles. The lowest BCUT2D eigenvalue weighted by Gasteiger charge is -2.55. The highest BCUT2D eigenvalue weighted by molar-refractivity contribution is 5.88. The van der Waals surface area contributed by atoms with Gasteiger partial charge in [-0.05, 0) is 38.2 Å². The van der Waals surface area contributed by atoms with Crippen molar-refractivity contribution in [1.82, 2.24) is 4.90 Å². The molecule has 0 spiro atoms. The van der Waals surface area contributed by atoms with E-state index >= 15 is 0 Å². The minimum absolute atomic E-state index is 0.280. The summed E-state index contributed by atoms with van der Waals surface area (Å²) in [4.78, 5) is 16.2. The molecule has 3 heteroatoms. The van der Waals surface area contributed by atoms with Gasteiger partial charge in [-0.1, -0.05) is 6.08 Å². The maximum atomic E-state index is 12.1. The highest BCUT2D eigenvalue weighted by Crippen LogP contribution is 2.37. The quantitative estimate of drug-likeness (QED) is 0.651. The van der Waals surface area contributed by atoms with Crippen LogP contribution in [0.2, 0.25) is 0 Å². The van der Waals surface area contributed by atoms with E-state index in [0.717, 1.165) is 30.8 Å². The summed E-state index contributed by atoms with van der Waals surface area (Å²) < 4.78 is 0. The molecule has 98 valence electrons. The lowest BCUT2D eigenvalue weighted by Crippen LogP contribution is -3.20. The molecule has 1 unspecified atom stereocenters. The van der Waals surface area contributed by atoms with Gasteiger partial charge in [-0.15, -0.1) is 0 Å². The summed E-state index contributed by atoms with van der Waals surface area (Å²) in [6.07, 6.45) is 10.5. The summed E-state index contributed by atoms with van der Waals surface area (Å²) in [6, 6.07) is 1.39. The van der Waals surface area contributed by atoms with E-state index in [0.29, 0.717) is 6.04 Å². The standard InChI is InChI=1S/C15H22N2O/c18-14-7-1-6-13-12-5-3-9-16-8-2-4-11(15(12)16)10-17(13)14/h1,7,11-13,15H,2-6,8-10H2/p+1/t11-,12+,13+,15-/m0/s1. The van der Waals surface area contributed by atoms with Crippen molar-refractivity contribution in [2.24, 2.45) is 11.8 Å². The van der Waals surface area contributed by atoms with Crippen LogP contribution in [-0.4, -0.2) is 42.5 Å². The van der Waals surface area contributed by atoms with Crippen LogP contribution in [0.5, 0.6) is 0 Å². The number of quaternary nitrogens is 1. The van der Waals surface area contributed by atoms with E-state index in [2.05, 4.69) is 11.0 Å². The van der Waals surface area contributed by atoms with Gasteiger partial charge in [0.1, 0.15) is 0 Å². The topological polar surface area (TPSA) is 24.8 Å². The molecule has 1 N–H and O–H groups in total. The van der Waals surface area contributed by atoms with Crippen molar-refractivity contribution in [1.29, 1.82) is 0 Å². The number of hydrogen-bond acceptors (Lipinski definition) is 1. The van der Waals surface area contributed by atoms with Gasteiger partial charge in [0.25, 0.3) is 0 Å². The fourth-order valence-corrected chi connectivity index (χ4v) is 5.17. The van der Waals surface area contributed by atoms with Crippen LogP contribution in [0.4, 0.5) is 0 Å². The molecule has 0 aromatic carbocycles. The van der Waals surface area contributed by atoms with Gasteiger partial charge in [0, 0.05) is 24.4 Å². The number of carbonyl (C=O) groups is 1. The normalized spacial score (nSPS) is 46.6. The Hall–Kier alpha value is -0.830. The number of nitrogens with zero attached hydrogens (tertiary/aromatic N) is 1. The van der Waals surface area contributed by atoms with Crippen LogP contribution in [0.1, 0.15) is 32.1 Å². The summed E-state index contributed by atoms with van der Waals surface area (Å²) in [6.45, 7) is 3.81. The zero-order chi connectivity index (χ0) is 12.1. The number of hydrogen-bond donors (Lipinski definition) is 1. The maximum absolute atomic E-state index is 12.1. The number of nitrogens with one attached hydrogen (secondary N) is 1. The lowest BCUT2D eigenvalue weighted by molar-refractivity contribution is -0.945. The highest BCUT2D eigenvalue weighted by atomic mass is 16.2. The predicted octanol–water partition coefficient (Wildman–Crippen LogP) is 0.231. The summed E-state index contributed by atoms with van der Waals surface area (Å²) in [7, 11) is 0. The third-order valence-corrected chi connectivity index (χ3v) is 5.80. The van der Waals surface area contributed by atoms with Crippen LogP contribution in [0.3, 0.4) is 0 Å². The average molecular weight is 247 g/mol. The fourth-order valence-electron chi connectivity index (χ4n) is 5.17. The molecule has 4 rings (SSSR count). The number of fused-ring (bicyclic) bond motifs is 2. The van der Waals surface area contributed by atoms with E-state index in [-0.39, 0.29) is 5.91 Å². The van der Waals surface area contributed by atoms with Crippen LogP contribution >= 0.6 is 0 Å². The van der Waals surface area contributed by atoms with E-state index in [9.17, 15) is 4.79 Å². The second-order valence-corrected chi connectivity index (χ2v) is 6.59. The molecule has 18 heavy (non-hydrogen) atoms. The van der Waals surface area contributed by atoms with Gasteiger partial charge >= 0.3 is 0 Å². The molecule has 4 heterocycles. The summed E-state index contributed by atoms with van der Waals surface area (Å²) in [5.74, 6) is 1.84. The molecule has 0 aliphatic carbocycles. The Balaban J connectivity index is 1.68. The SMILES string of the molecule is O=C1C=CC[C@@H]2[C@H]3CCC[NH+]4CCC[C@@H](CN12)[C@@H]34. The minimum Gasteiger partial charge on any atom is -0.335 e. The van der Waals surface area contributed by atoms with Crippen molar-refractivity contribution in [2.75, 3.05) is 19.6 Å². The third kappa shape index (κ3) is 1.49. The Morgan fingerprint density at radius 3 is 2.94 bits per heavy atom. The first-order valence-electron chi connectivity index (χ1n) is 7.66. The first-order chi connectivity index (χ1) is 8.84. The third-order valence-electron chi connectivity index (χ3n) is 5.80. The fraction of sp³-hybridized carbons (Fsp3) is 0.800. The lowest BCUT2D eigenvalue weighted by atomic mass is 9.68. The Kier molecular flexibility index (Phi) is 2.51. The van der Waals surface area contributed by atoms with Gasteiger partial charge < -0.3 is 9.80 Å². The van der Waals surface area contributed by atoms with E-state index in [4.69, 9.17) is 0 Å². The van der Waals surface area contributed by atoms with Crippen molar-refractivity contribution >= 4 is 5.91 Å². The van der Waals surface area contributed by atoms with Gasteiger partial charge in [0.15, 0.2) is 0 Å². The second kappa shape index (κ2) is 4.09. The Morgan fingerprint density at radius 1 is 1.22 bits per heavy atom. The van der Waals surface area contributed by atoms with Crippen molar-refractivity contribution < 1.29 is 9.69 Å². The van der Waals surface area contributed by atoms with E-state index in [1.54, 1.807) is 6.08 Å². The van der Waals surface area contributed by atoms with Gasteiger partial charge in [-0.3, -0.25) is 4.79 Å². The zero-order valence-electron chi connectivity index (χ0n) is 11.0. The van der Waals surface area contributed by atoms with E-state index in [1.807, 2.05) is 4.90 Å². The molecule has 0 radical (unpaired) electrons. The molecule has 3 saturated heterocycles. The number of piperidine rings is 3. The van der Waals surface area contributed by atoms with Gasteiger partial charge in [-0.2, -0.15) is 0 Å². The zero-order valence-corrected chi connectivity index (χ0v) is 11.0. The Bertz CT molecular complexity index is 390. The number of carbonyl (C=O) groups excluding carboxylic acids is 1. The number of amides is 1. The monoisotopic (exact) mass is 247 g/mol. The Morgan fingerprint density at radius 2 is 2.06 bits per heavy atom. The van der Waals surface area contributed by atoms with Crippen LogP contribution in [0, 0.1) is 11.8 Å². The van der Waals surface area contributed by atoms with E-state index < -0.39 is 0 Å². The van der Waals surface area contributed by atoms with Crippen LogP contribution in [0.15, 0.2) is 12.2 Å². The molecule has 5 atom stereocenters. The van der Waals surface area contributed by atoms with Crippen LogP contribution in [0.25, 0.3) is 0 Å². The average Bonchev–Trinajstić information content (AvgIpc) is 2.41. The summed E-state index contributed by atoms with van der Waals surface area (Å²) in [5.41, 5.74) is 0. The molecular formula is C15H23N2O+. The molecule has 3 nitrogen and oxygen atoms in total. The molecule has 0 bridgehead atoms. The molecule has 4 aliphatic heterocycles. The second-order valence-electron chi connectivity index (χ2n) is 6.59. The predicted molar refractivity (Wildman–Crippen MR) is 69.2 cm³/mol. The molecular weight excluding hydrogens is 224 g/mol. The van der Waals surface area contributed by atoms with Crippen molar-refractivity contribution in [3.8, 4) is 0 Å². The minimum atomic E-state index is 0.280. The molecule has 4 aliphatic rings. The molecule has 0 aromatic heterocycles. The Labute approximate surface area is 109 Å². The van der Waals surface area contributed by atoms with Gasteiger partial charge in [0.2, 0.25) is 5.91 Å². The smallest absolute Gasteiger partial charge is 0.246 e. The molecule has 1 amide bonds. The van der Waals surface area contributed by atoms with Crippen LogP contribution < -0.4 is 4.90 Å². The maximum Gasteiger partial charge on any atom is 0.246 e. The van der Waals surface area contributed by atoms with Gasteiger partial charge in [-0.25, -0.2) is 0 Å². The number of rotatable bonds is 0. The molecule has 0 aromatic rings. The highest BCUT2D eigenvalue weighted by Gasteiger charge is 2.52. The van der Waals surface area contributed by atoms with Crippen molar-refractivity contribution in [2.45, 2.75) is 44.2 Å². The van der Waals surface area contributed by atoms with Crippen LogP contribution in [-0.2, 0) is 4.79 Å². The largest absolute Gasteiger partial charge is 0.335 e. The van der Waals surface area contributed by atoms with Gasteiger partial charge in [0.05, 0.1) is 19.1 Å². The van der Waals surface area contributed by atoms with E-state index in [1.165, 1.54) is 38.8 Å². The summed E-state index contributed by atoms with van der Waals surface area (Å²) in [5, 5.41) is 0. The first-order valence-corrected chi connectivity index (χ1v) is 7.66. The first kappa shape index (κ1) is 11.0. The van der Waals surface area contributed by atoms with Crippen molar-refractivity contribution in [3.05, 3.63) is 12.2 Å². The molecule has 3 fully saturated rings.